The summed E-state index contributed by atoms with van der Waals surface area (Å²) >= 11 is 0. The van der Waals surface area contributed by atoms with E-state index in [1.807, 2.05) is 17.6 Å². The van der Waals surface area contributed by atoms with Crippen LogP contribution in [0.15, 0.2) is 29.5 Å². The number of hydrogen-bond acceptors (Lipinski definition) is 6. The molecular formula is C18H24ClN5O3. The van der Waals surface area contributed by atoms with E-state index in [4.69, 9.17) is 4.74 Å². The highest BCUT2D eigenvalue weighted by atomic mass is 35.5. The highest BCUT2D eigenvalue weighted by Crippen LogP contribution is 2.27. The number of methoxy groups -OCH3 is 1. The number of benzene rings is 1. The Balaban J connectivity index is 0.00000261. The van der Waals surface area contributed by atoms with E-state index in [9.17, 15) is 10.2 Å². The van der Waals surface area contributed by atoms with Gasteiger partial charge in [-0.05, 0) is 38.5 Å². The third-order valence-electron chi connectivity index (χ3n) is 3.98. The Kier molecular flexibility index (Phi) is 6.12. The molecule has 0 bridgehead atoms. The number of phenolic OH excluding ortho intramolecular Hbond substituents is 1. The fraction of sp³-hybridized carbons (Fsp3) is 0.389. The van der Waals surface area contributed by atoms with Crippen LogP contribution in [0.2, 0.25) is 0 Å². The summed E-state index contributed by atoms with van der Waals surface area (Å²) in [5.74, 6) is 0.939. The van der Waals surface area contributed by atoms with Crippen molar-refractivity contribution in [3.05, 3.63) is 41.4 Å². The van der Waals surface area contributed by atoms with Crippen molar-refractivity contribution in [3.63, 3.8) is 0 Å². The van der Waals surface area contributed by atoms with Crippen LogP contribution >= 0.6 is 12.4 Å². The second kappa shape index (κ2) is 7.98. The minimum atomic E-state index is -1.11. The number of rotatable bonds is 5. The first-order valence-electron chi connectivity index (χ1n) is 8.38. The van der Waals surface area contributed by atoms with Gasteiger partial charge in [0, 0.05) is 6.54 Å². The summed E-state index contributed by atoms with van der Waals surface area (Å²) in [6, 6.07) is 5.22. The zero-order valence-electron chi connectivity index (χ0n) is 15.7. The molecule has 0 saturated carbocycles. The molecule has 3 N–H and O–H groups in total. The molecule has 0 fully saturated rings. The molecule has 27 heavy (non-hydrogen) atoms. The Morgan fingerprint density at radius 2 is 2.07 bits per heavy atom. The van der Waals surface area contributed by atoms with E-state index in [0.29, 0.717) is 41.3 Å². The molecule has 0 radical (unpaired) electrons. The van der Waals surface area contributed by atoms with Gasteiger partial charge in [-0.2, -0.15) is 0 Å². The maximum Gasteiger partial charge on any atom is 0.176 e. The molecule has 146 valence electrons. The predicted octanol–water partition coefficient (Wildman–Crippen LogP) is 2.09. The molecule has 0 amide bonds. The lowest BCUT2D eigenvalue weighted by molar-refractivity contribution is 0.0699. The number of imidazole rings is 1. The van der Waals surface area contributed by atoms with Crippen LogP contribution in [0.3, 0.4) is 0 Å². The summed E-state index contributed by atoms with van der Waals surface area (Å²) in [4.78, 5) is 16.5. The van der Waals surface area contributed by atoms with Gasteiger partial charge < -0.3 is 24.5 Å². The summed E-state index contributed by atoms with van der Waals surface area (Å²) in [6.45, 7) is 6.31. The fourth-order valence-electron chi connectivity index (χ4n) is 2.68. The van der Waals surface area contributed by atoms with Crippen molar-refractivity contribution >= 4 is 23.6 Å². The Labute approximate surface area is 163 Å². The van der Waals surface area contributed by atoms with Crippen molar-refractivity contribution in [2.75, 3.05) is 13.7 Å². The number of nitrogens with one attached hydrogen (secondary N) is 1. The summed E-state index contributed by atoms with van der Waals surface area (Å²) < 4.78 is 6.92. The number of ether oxygens (including phenoxy) is 1. The number of H-pyrrole nitrogens is 1. The molecule has 0 unspecified atom stereocenters. The summed E-state index contributed by atoms with van der Waals surface area (Å²) in [5.41, 5.74) is 1.62. The molecule has 1 aromatic carbocycles. The van der Waals surface area contributed by atoms with Crippen molar-refractivity contribution in [1.82, 2.24) is 19.5 Å². The highest BCUT2D eigenvalue weighted by Gasteiger charge is 2.22. The summed E-state index contributed by atoms with van der Waals surface area (Å²) in [5, 5.41) is 20.3. The normalized spacial score (nSPS) is 12.3. The first kappa shape index (κ1) is 20.7. The minimum Gasteiger partial charge on any atom is -0.504 e. The third-order valence-corrected chi connectivity index (χ3v) is 3.98. The Bertz CT molecular complexity index is 1000. The van der Waals surface area contributed by atoms with Crippen LogP contribution in [-0.4, -0.2) is 43.4 Å². The van der Waals surface area contributed by atoms with Gasteiger partial charge in [0.25, 0.3) is 0 Å². The number of nitrogens with zero attached hydrogens (tertiary/aromatic N) is 4. The maximum absolute atomic E-state index is 10.3. The lowest BCUT2D eigenvalue weighted by Gasteiger charge is -2.12. The van der Waals surface area contributed by atoms with Gasteiger partial charge >= 0.3 is 0 Å². The van der Waals surface area contributed by atoms with E-state index in [-0.39, 0.29) is 18.2 Å². The molecule has 2 heterocycles. The van der Waals surface area contributed by atoms with Gasteiger partial charge in [0.05, 0.1) is 20.0 Å². The number of aromatic hydroxyl groups is 1. The number of halogens is 1. The number of aromatic amines is 1. The van der Waals surface area contributed by atoms with Crippen LogP contribution < -0.4 is 10.2 Å². The van der Waals surface area contributed by atoms with Gasteiger partial charge in [-0.15, -0.1) is 12.4 Å². The highest BCUT2D eigenvalue weighted by molar-refractivity contribution is 5.85. The van der Waals surface area contributed by atoms with E-state index in [2.05, 4.69) is 19.9 Å². The van der Waals surface area contributed by atoms with Gasteiger partial charge in [-0.1, -0.05) is 6.07 Å². The number of hydrogen-bond donors (Lipinski definition) is 3. The van der Waals surface area contributed by atoms with Crippen LogP contribution in [0.25, 0.3) is 11.2 Å². The molecular weight excluding hydrogens is 370 g/mol. The smallest absolute Gasteiger partial charge is 0.176 e. The minimum absolute atomic E-state index is 0. The molecule has 0 aliphatic rings. The fourth-order valence-corrected chi connectivity index (χ4v) is 2.68. The van der Waals surface area contributed by atoms with E-state index >= 15 is 0 Å². The predicted molar refractivity (Wildman–Crippen MR) is 104 cm³/mol. The molecule has 9 heteroatoms. The molecule has 0 aliphatic heterocycles. The van der Waals surface area contributed by atoms with Crippen molar-refractivity contribution in [2.24, 2.45) is 4.99 Å². The lowest BCUT2D eigenvalue weighted by atomic mass is 10.1. The Hall–Kier alpha value is -2.58. The van der Waals surface area contributed by atoms with Gasteiger partial charge in [0.2, 0.25) is 0 Å². The monoisotopic (exact) mass is 393 g/mol. The third kappa shape index (κ3) is 4.23. The van der Waals surface area contributed by atoms with Crippen LogP contribution in [0.1, 0.15) is 32.2 Å². The van der Waals surface area contributed by atoms with E-state index in [1.165, 1.54) is 7.11 Å². The SMILES string of the molecule is CCN=c1ncn(Cc2ccc(OC)c(O)c2)c2nc(C(C)(C)O)[nH]c12.Cl. The van der Waals surface area contributed by atoms with Gasteiger partial charge in [-0.3, -0.25) is 4.99 Å². The number of aliphatic hydroxyl groups is 1. The van der Waals surface area contributed by atoms with Crippen molar-refractivity contribution < 1.29 is 14.9 Å². The van der Waals surface area contributed by atoms with Crippen LogP contribution in [0.4, 0.5) is 0 Å². The van der Waals surface area contributed by atoms with Crippen LogP contribution in [-0.2, 0) is 12.1 Å². The second-order valence-electron chi connectivity index (χ2n) is 6.52. The molecule has 8 nitrogen and oxygen atoms in total. The topological polar surface area (TPSA) is 109 Å². The summed E-state index contributed by atoms with van der Waals surface area (Å²) in [7, 11) is 1.51. The number of fused-ring (bicyclic) bond motifs is 1. The number of phenols is 1. The average molecular weight is 394 g/mol. The van der Waals surface area contributed by atoms with Crippen molar-refractivity contribution in [1.29, 1.82) is 0 Å². The molecule has 0 saturated heterocycles. The summed E-state index contributed by atoms with van der Waals surface area (Å²) in [6.07, 6.45) is 1.66. The van der Waals surface area contributed by atoms with E-state index in [0.717, 1.165) is 5.56 Å². The van der Waals surface area contributed by atoms with Gasteiger partial charge in [-0.25, -0.2) is 9.97 Å². The van der Waals surface area contributed by atoms with E-state index in [1.54, 1.807) is 32.3 Å². The average Bonchev–Trinajstić information content (AvgIpc) is 3.04. The van der Waals surface area contributed by atoms with E-state index < -0.39 is 5.60 Å². The largest absolute Gasteiger partial charge is 0.504 e. The van der Waals surface area contributed by atoms with Crippen molar-refractivity contribution in [2.45, 2.75) is 32.9 Å². The van der Waals surface area contributed by atoms with Crippen molar-refractivity contribution in [3.8, 4) is 11.5 Å². The quantitative estimate of drug-likeness (QED) is 0.615. The zero-order chi connectivity index (χ0) is 18.9. The Morgan fingerprint density at radius 3 is 2.67 bits per heavy atom. The molecule has 0 aliphatic carbocycles. The number of aromatic nitrogens is 4. The first-order chi connectivity index (χ1) is 12.3. The second-order valence-corrected chi connectivity index (χ2v) is 6.52. The Morgan fingerprint density at radius 1 is 1.33 bits per heavy atom. The van der Waals surface area contributed by atoms with Gasteiger partial charge in [0.15, 0.2) is 22.6 Å². The lowest BCUT2D eigenvalue weighted by Crippen LogP contribution is -2.17. The molecule has 0 atom stereocenters. The van der Waals surface area contributed by atoms with Crippen LogP contribution in [0, 0.1) is 0 Å². The zero-order valence-corrected chi connectivity index (χ0v) is 16.5. The molecule has 3 rings (SSSR count). The molecule has 3 aromatic rings. The van der Waals surface area contributed by atoms with Gasteiger partial charge in [0.1, 0.15) is 16.9 Å². The van der Waals surface area contributed by atoms with Crippen LogP contribution in [0.5, 0.6) is 11.5 Å². The first-order valence-corrected chi connectivity index (χ1v) is 8.38. The maximum atomic E-state index is 10.3. The molecule has 2 aromatic heterocycles. The standard InChI is InChI=1S/C18H23N5O3.ClH/c1-5-19-15-14-16(22-17(21-14)18(2,3)25)23(10-20-15)9-11-6-7-13(26-4)12(24)8-11;/h6-8,10,24-25H,5,9H2,1-4H3,(H,21,22);1H. The molecule has 0 spiro atoms.